The minimum atomic E-state index is 0.0211. The molecule has 0 spiro atoms. The molecule has 0 aromatic heterocycles. The molecule has 2 rings (SSSR count). The van der Waals surface area contributed by atoms with Crippen molar-refractivity contribution in [2.45, 2.75) is 38.6 Å². The Morgan fingerprint density at radius 3 is 2.80 bits per heavy atom. The van der Waals surface area contributed by atoms with E-state index in [4.69, 9.17) is 4.74 Å². The number of carbonyl (C=O) groups is 1. The van der Waals surface area contributed by atoms with E-state index in [1.807, 2.05) is 0 Å². The maximum atomic E-state index is 11.4. The van der Waals surface area contributed by atoms with Gasteiger partial charge in [0.25, 0.3) is 0 Å². The molecule has 2 aliphatic carbocycles. The van der Waals surface area contributed by atoms with Gasteiger partial charge in [0.05, 0.1) is 0 Å². The van der Waals surface area contributed by atoms with E-state index in [0.717, 1.165) is 11.8 Å². The highest BCUT2D eigenvalue weighted by Crippen LogP contribution is 2.49. The first-order valence-electron chi connectivity index (χ1n) is 5.99. The zero-order valence-electron chi connectivity index (χ0n) is 9.66. The smallest absolute Gasteiger partial charge is 0.246 e. The number of methoxy groups -OCH3 is 1. The van der Waals surface area contributed by atoms with Gasteiger partial charge in [0.1, 0.15) is 6.61 Å². The third-order valence-corrected chi connectivity index (χ3v) is 4.10. The lowest BCUT2D eigenvalue weighted by Gasteiger charge is -2.28. The van der Waals surface area contributed by atoms with E-state index >= 15 is 0 Å². The summed E-state index contributed by atoms with van der Waals surface area (Å²) < 4.78 is 4.82. The van der Waals surface area contributed by atoms with Crippen LogP contribution in [0.4, 0.5) is 0 Å². The Morgan fingerprint density at radius 2 is 2.27 bits per heavy atom. The Labute approximate surface area is 91.6 Å². The van der Waals surface area contributed by atoms with Crippen LogP contribution in [0.5, 0.6) is 0 Å². The van der Waals surface area contributed by atoms with Crippen LogP contribution >= 0.6 is 0 Å². The molecule has 1 amide bonds. The number of hydrogen-bond acceptors (Lipinski definition) is 2. The van der Waals surface area contributed by atoms with Gasteiger partial charge < -0.3 is 10.1 Å². The zero-order chi connectivity index (χ0) is 10.8. The van der Waals surface area contributed by atoms with Crippen LogP contribution in [-0.4, -0.2) is 25.7 Å². The predicted octanol–water partition coefficient (Wildman–Crippen LogP) is 1.57. The first-order chi connectivity index (χ1) is 7.20. The fourth-order valence-electron chi connectivity index (χ4n) is 3.44. The average molecular weight is 211 g/mol. The van der Waals surface area contributed by atoms with Crippen LogP contribution in [0, 0.1) is 17.8 Å². The third-order valence-electron chi connectivity index (χ3n) is 4.10. The van der Waals surface area contributed by atoms with E-state index in [9.17, 15) is 4.79 Å². The van der Waals surface area contributed by atoms with Crippen LogP contribution in [0.25, 0.3) is 0 Å². The molecule has 1 N–H and O–H groups in total. The second kappa shape index (κ2) is 4.52. The molecule has 0 heterocycles. The van der Waals surface area contributed by atoms with Gasteiger partial charge in [-0.2, -0.15) is 0 Å². The summed E-state index contributed by atoms with van der Waals surface area (Å²) in [5.74, 6) is 2.55. The van der Waals surface area contributed by atoms with Gasteiger partial charge in [0, 0.05) is 13.2 Å². The first kappa shape index (κ1) is 10.9. The van der Waals surface area contributed by atoms with Gasteiger partial charge in [-0.25, -0.2) is 0 Å². The Balaban J connectivity index is 1.81. The number of rotatable bonds is 4. The van der Waals surface area contributed by atoms with Crippen molar-refractivity contribution in [2.75, 3.05) is 13.7 Å². The second-order valence-corrected chi connectivity index (χ2v) is 5.13. The average Bonchev–Trinajstić information content (AvgIpc) is 2.78. The fraction of sp³-hybridized carbons (Fsp3) is 0.917. The number of fused-ring (bicyclic) bond motifs is 2. The molecule has 4 atom stereocenters. The molecule has 15 heavy (non-hydrogen) atoms. The summed E-state index contributed by atoms with van der Waals surface area (Å²) in [5, 5.41) is 3.04. The van der Waals surface area contributed by atoms with Crippen molar-refractivity contribution in [2.24, 2.45) is 17.8 Å². The van der Waals surface area contributed by atoms with Crippen LogP contribution in [0.2, 0.25) is 0 Å². The molecule has 0 radical (unpaired) electrons. The standard InChI is InChI=1S/C12H21NO2/c1-8(13-12(14)7-15-2)11-6-9-3-4-10(11)5-9/h8-11H,3-7H2,1-2H3,(H,13,14)/t8-,9+,10+,11-/m1/s1. The molecule has 2 saturated carbocycles. The molecule has 2 bridgehead atoms. The van der Waals surface area contributed by atoms with Gasteiger partial charge in [0.15, 0.2) is 0 Å². The zero-order valence-corrected chi connectivity index (χ0v) is 9.66. The number of nitrogens with one attached hydrogen (secondary N) is 1. The largest absolute Gasteiger partial charge is 0.375 e. The maximum Gasteiger partial charge on any atom is 0.246 e. The highest BCUT2D eigenvalue weighted by molar-refractivity contribution is 5.77. The second-order valence-electron chi connectivity index (χ2n) is 5.13. The Hall–Kier alpha value is -0.570. The normalized spacial score (nSPS) is 35.5. The predicted molar refractivity (Wildman–Crippen MR) is 58.4 cm³/mol. The monoisotopic (exact) mass is 211 g/mol. The van der Waals surface area contributed by atoms with E-state index < -0.39 is 0 Å². The van der Waals surface area contributed by atoms with E-state index in [1.165, 1.54) is 25.7 Å². The van der Waals surface area contributed by atoms with Crippen molar-refractivity contribution in [3.8, 4) is 0 Å². The van der Waals surface area contributed by atoms with E-state index in [-0.39, 0.29) is 12.5 Å². The van der Waals surface area contributed by atoms with Crippen molar-refractivity contribution in [1.82, 2.24) is 5.32 Å². The molecule has 0 aliphatic heterocycles. The molecule has 0 saturated heterocycles. The summed E-state index contributed by atoms with van der Waals surface area (Å²) in [6, 6.07) is 0.322. The van der Waals surface area contributed by atoms with Crippen molar-refractivity contribution >= 4 is 5.91 Å². The van der Waals surface area contributed by atoms with Crippen LogP contribution < -0.4 is 5.32 Å². The van der Waals surface area contributed by atoms with Gasteiger partial charge in [-0.3, -0.25) is 4.79 Å². The lowest BCUT2D eigenvalue weighted by molar-refractivity contribution is -0.125. The minimum absolute atomic E-state index is 0.0211. The molecule has 0 aromatic carbocycles. The van der Waals surface area contributed by atoms with Gasteiger partial charge in [-0.15, -0.1) is 0 Å². The Bertz CT molecular complexity index is 242. The molecule has 0 unspecified atom stereocenters. The minimum Gasteiger partial charge on any atom is -0.375 e. The van der Waals surface area contributed by atoms with Crippen molar-refractivity contribution in [3.63, 3.8) is 0 Å². The van der Waals surface area contributed by atoms with Gasteiger partial charge in [0.2, 0.25) is 5.91 Å². The summed E-state index contributed by atoms with van der Waals surface area (Å²) in [6.45, 7) is 2.32. The Morgan fingerprint density at radius 1 is 1.47 bits per heavy atom. The van der Waals surface area contributed by atoms with Gasteiger partial charge >= 0.3 is 0 Å². The summed E-state index contributed by atoms with van der Waals surface area (Å²) >= 11 is 0. The SMILES string of the molecule is COCC(=O)N[C@H](C)[C@H]1C[C@H]2CC[C@H]1C2. The highest BCUT2D eigenvalue weighted by Gasteiger charge is 2.41. The van der Waals surface area contributed by atoms with E-state index in [1.54, 1.807) is 7.11 Å². The number of hydrogen-bond donors (Lipinski definition) is 1. The molecule has 0 aromatic rings. The summed E-state index contributed by atoms with van der Waals surface area (Å²) in [5.41, 5.74) is 0. The van der Waals surface area contributed by atoms with E-state index in [0.29, 0.717) is 12.0 Å². The first-order valence-corrected chi connectivity index (χ1v) is 5.99. The third kappa shape index (κ3) is 2.33. The molecule has 2 aliphatic rings. The molecular weight excluding hydrogens is 190 g/mol. The summed E-state index contributed by atoms with van der Waals surface area (Å²) in [7, 11) is 1.56. The fourth-order valence-corrected chi connectivity index (χ4v) is 3.44. The summed E-state index contributed by atoms with van der Waals surface area (Å²) in [6.07, 6.45) is 5.51. The van der Waals surface area contributed by atoms with Gasteiger partial charge in [-0.1, -0.05) is 6.42 Å². The van der Waals surface area contributed by atoms with Crippen LogP contribution in [0.1, 0.15) is 32.6 Å². The van der Waals surface area contributed by atoms with Gasteiger partial charge in [-0.05, 0) is 43.9 Å². The van der Waals surface area contributed by atoms with Crippen molar-refractivity contribution in [3.05, 3.63) is 0 Å². The molecule has 86 valence electrons. The number of ether oxygens (including phenoxy) is 1. The lowest BCUT2D eigenvalue weighted by atomic mass is 9.84. The molecular formula is C12H21NO2. The number of amides is 1. The summed E-state index contributed by atoms with van der Waals surface area (Å²) in [4.78, 5) is 11.4. The highest BCUT2D eigenvalue weighted by atomic mass is 16.5. The van der Waals surface area contributed by atoms with Crippen molar-refractivity contribution in [1.29, 1.82) is 0 Å². The topological polar surface area (TPSA) is 38.3 Å². The van der Waals surface area contributed by atoms with E-state index in [2.05, 4.69) is 12.2 Å². The number of carbonyl (C=O) groups excluding carboxylic acids is 1. The maximum absolute atomic E-state index is 11.4. The van der Waals surface area contributed by atoms with Crippen molar-refractivity contribution < 1.29 is 9.53 Å². The quantitative estimate of drug-likeness (QED) is 0.766. The van der Waals surface area contributed by atoms with Crippen LogP contribution in [0.15, 0.2) is 0 Å². The molecule has 3 heteroatoms. The van der Waals surface area contributed by atoms with Crippen LogP contribution in [-0.2, 0) is 9.53 Å². The van der Waals surface area contributed by atoms with Crippen LogP contribution in [0.3, 0.4) is 0 Å². The lowest BCUT2D eigenvalue weighted by Crippen LogP contribution is -2.41. The molecule has 3 nitrogen and oxygen atoms in total. The Kier molecular flexibility index (Phi) is 3.29. The molecule has 2 fully saturated rings.